The van der Waals surface area contributed by atoms with Crippen molar-refractivity contribution in [2.24, 2.45) is 0 Å². The number of hydrogen-bond acceptors (Lipinski definition) is 1. The Hall–Kier alpha value is -2.29. The fourth-order valence-corrected chi connectivity index (χ4v) is 2.27. The van der Waals surface area contributed by atoms with Crippen LogP contribution in [-0.4, -0.2) is 5.78 Å². The molecule has 0 aromatic heterocycles. The maximum atomic E-state index is 13.6. The molecule has 0 heterocycles. The standard InChI is InChI=1S/C16H10F2O/c17-12-6-4-10(5-7-12)8-11-9-14-13(16(11)19)2-1-3-15(14)18/h1-8H,9H2/b11-8+. The molecule has 0 amide bonds. The van der Waals surface area contributed by atoms with Gasteiger partial charge in [0.1, 0.15) is 11.6 Å². The molecule has 1 nitrogen and oxygen atoms in total. The number of allylic oxidation sites excluding steroid dienone is 1. The van der Waals surface area contributed by atoms with Crippen molar-refractivity contribution in [3.05, 3.63) is 76.4 Å². The molecule has 0 bridgehead atoms. The van der Waals surface area contributed by atoms with Crippen molar-refractivity contribution in [2.75, 3.05) is 0 Å². The maximum Gasteiger partial charge on any atom is 0.189 e. The Labute approximate surface area is 109 Å². The highest BCUT2D eigenvalue weighted by Crippen LogP contribution is 2.29. The number of halogens is 2. The lowest BCUT2D eigenvalue weighted by molar-refractivity contribution is 0.104. The minimum Gasteiger partial charge on any atom is -0.289 e. The third-order valence-corrected chi connectivity index (χ3v) is 3.23. The van der Waals surface area contributed by atoms with Gasteiger partial charge in [0.2, 0.25) is 0 Å². The molecular weight excluding hydrogens is 246 g/mol. The van der Waals surface area contributed by atoms with Crippen molar-refractivity contribution in [3.63, 3.8) is 0 Å². The number of rotatable bonds is 1. The first-order valence-corrected chi connectivity index (χ1v) is 5.93. The number of carbonyl (C=O) groups is 1. The summed E-state index contributed by atoms with van der Waals surface area (Å²) in [5.74, 6) is -0.832. The molecule has 1 aliphatic carbocycles. The van der Waals surface area contributed by atoms with Crippen LogP contribution in [0, 0.1) is 11.6 Å². The summed E-state index contributed by atoms with van der Waals surface area (Å²) in [7, 11) is 0. The van der Waals surface area contributed by atoms with Crippen LogP contribution in [0.2, 0.25) is 0 Å². The van der Waals surface area contributed by atoms with Gasteiger partial charge in [0, 0.05) is 23.1 Å². The van der Waals surface area contributed by atoms with Crippen molar-refractivity contribution in [3.8, 4) is 0 Å². The quantitative estimate of drug-likeness (QED) is 0.709. The summed E-state index contributed by atoms with van der Waals surface area (Å²) in [6, 6.07) is 10.4. The van der Waals surface area contributed by atoms with Gasteiger partial charge < -0.3 is 0 Å². The number of Topliss-reactive ketones (excluding diaryl/α,β-unsaturated/α-hetero) is 1. The van der Waals surface area contributed by atoms with Crippen molar-refractivity contribution in [2.45, 2.75) is 6.42 Å². The van der Waals surface area contributed by atoms with Crippen LogP contribution < -0.4 is 0 Å². The molecule has 2 aromatic carbocycles. The van der Waals surface area contributed by atoms with Gasteiger partial charge in [0.05, 0.1) is 0 Å². The summed E-state index contributed by atoms with van der Waals surface area (Å²) in [6.45, 7) is 0. The van der Waals surface area contributed by atoms with Crippen LogP contribution in [0.25, 0.3) is 6.08 Å². The number of carbonyl (C=O) groups excluding carboxylic acids is 1. The number of ketones is 1. The topological polar surface area (TPSA) is 17.1 Å². The van der Waals surface area contributed by atoms with Crippen molar-refractivity contribution >= 4 is 11.9 Å². The summed E-state index contributed by atoms with van der Waals surface area (Å²) >= 11 is 0. The molecule has 0 aliphatic heterocycles. The lowest BCUT2D eigenvalue weighted by Crippen LogP contribution is -1.95. The van der Waals surface area contributed by atoms with Gasteiger partial charge in [0.15, 0.2) is 5.78 Å². The summed E-state index contributed by atoms with van der Waals surface area (Å²) in [6.07, 6.45) is 1.97. The molecule has 0 spiro atoms. The Morgan fingerprint density at radius 2 is 1.74 bits per heavy atom. The predicted octanol–water partition coefficient (Wildman–Crippen LogP) is 3.79. The monoisotopic (exact) mass is 256 g/mol. The molecule has 0 fully saturated rings. The van der Waals surface area contributed by atoms with E-state index in [4.69, 9.17) is 0 Å². The van der Waals surface area contributed by atoms with Crippen LogP contribution in [0.15, 0.2) is 48.0 Å². The summed E-state index contributed by atoms with van der Waals surface area (Å²) in [5, 5.41) is 0. The second kappa shape index (κ2) is 4.43. The Morgan fingerprint density at radius 1 is 1.00 bits per heavy atom. The average molecular weight is 256 g/mol. The minimum atomic E-state index is -0.353. The molecular formula is C16H10F2O. The Morgan fingerprint density at radius 3 is 2.42 bits per heavy atom. The van der Waals surface area contributed by atoms with Crippen LogP contribution in [0.5, 0.6) is 0 Å². The van der Waals surface area contributed by atoms with E-state index < -0.39 is 0 Å². The highest BCUT2D eigenvalue weighted by molar-refractivity contribution is 6.15. The SMILES string of the molecule is O=C1/C(=C/c2ccc(F)cc2)Cc2c(F)cccc21. The molecule has 1 aliphatic rings. The zero-order valence-corrected chi connectivity index (χ0v) is 9.99. The molecule has 2 aromatic rings. The number of hydrogen-bond donors (Lipinski definition) is 0. The summed E-state index contributed by atoms with van der Waals surface area (Å²) in [4.78, 5) is 12.1. The second-order valence-electron chi connectivity index (χ2n) is 4.49. The van der Waals surface area contributed by atoms with Crippen molar-refractivity contribution < 1.29 is 13.6 Å². The lowest BCUT2D eigenvalue weighted by atomic mass is 10.1. The summed E-state index contributed by atoms with van der Waals surface area (Å²) in [5.41, 5.74) is 2.14. The molecule has 0 saturated carbocycles. The van der Waals surface area contributed by atoms with E-state index in [2.05, 4.69) is 0 Å². The van der Waals surface area contributed by atoms with E-state index in [-0.39, 0.29) is 23.8 Å². The van der Waals surface area contributed by atoms with Crippen LogP contribution in [0.4, 0.5) is 8.78 Å². The average Bonchev–Trinajstić information content (AvgIpc) is 2.72. The fourth-order valence-electron chi connectivity index (χ4n) is 2.27. The lowest BCUT2D eigenvalue weighted by Gasteiger charge is -1.96. The van der Waals surface area contributed by atoms with Gasteiger partial charge in [0.25, 0.3) is 0 Å². The number of fused-ring (bicyclic) bond motifs is 1. The molecule has 0 unspecified atom stereocenters. The Kier molecular flexibility index (Phi) is 2.75. The number of benzene rings is 2. The van der Waals surface area contributed by atoms with E-state index in [0.717, 1.165) is 5.56 Å². The maximum absolute atomic E-state index is 13.6. The normalized spacial score (nSPS) is 15.9. The van der Waals surface area contributed by atoms with Gasteiger partial charge in [-0.3, -0.25) is 4.79 Å². The van der Waals surface area contributed by atoms with Gasteiger partial charge in [-0.1, -0.05) is 24.3 Å². The van der Waals surface area contributed by atoms with Crippen LogP contribution >= 0.6 is 0 Å². The molecule has 0 saturated heterocycles. The fraction of sp³-hybridized carbons (Fsp3) is 0.0625. The molecule has 19 heavy (non-hydrogen) atoms. The van der Waals surface area contributed by atoms with E-state index in [0.29, 0.717) is 16.7 Å². The second-order valence-corrected chi connectivity index (χ2v) is 4.49. The Balaban J connectivity index is 2.00. The van der Waals surface area contributed by atoms with E-state index in [9.17, 15) is 13.6 Å². The smallest absolute Gasteiger partial charge is 0.189 e. The molecule has 94 valence electrons. The zero-order chi connectivity index (χ0) is 13.4. The van der Waals surface area contributed by atoms with E-state index in [1.165, 1.54) is 24.3 Å². The van der Waals surface area contributed by atoms with Gasteiger partial charge in [-0.15, -0.1) is 0 Å². The molecule has 0 N–H and O–H groups in total. The summed E-state index contributed by atoms with van der Waals surface area (Å²) < 4.78 is 26.4. The van der Waals surface area contributed by atoms with Crippen LogP contribution in [0.1, 0.15) is 21.5 Å². The van der Waals surface area contributed by atoms with Crippen molar-refractivity contribution in [1.29, 1.82) is 0 Å². The molecule has 0 atom stereocenters. The van der Waals surface area contributed by atoms with Crippen molar-refractivity contribution in [1.82, 2.24) is 0 Å². The third-order valence-electron chi connectivity index (χ3n) is 3.23. The van der Waals surface area contributed by atoms with E-state index in [1.54, 1.807) is 24.3 Å². The van der Waals surface area contributed by atoms with Gasteiger partial charge in [-0.25, -0.2) is 8.78 Å². The first-order valence-electron chi connectivity index (χ1n) is 5.93. The zero-order valence-electron chi connectivity index (χ0n) is 9.99. The highest BCUT2D eigenvalue weighted by Gasteiger charge is 2.26. The first kappa shape index (κ1) is 11.8. The highest BCUT2D eigenvalue weighted by atomic mass is 19.1. The molecule has 0 radical (unpaired) electrons. The van der Waals surface area contributed by atoms with Gasteiger partial charge >= 0.3 is 0 Å². The molecule has 3 heteroatoms. The minimum absolute atomic E-state index is 0.154. The first-order chi connectivity index (χ1) is 9.15. The third kappa shape index (κ3) is 2.08. The largest absolute Gasteiger partial charge is 0.289 e. The van der Waals surface area contributed by atoms with Gasteiger partial charge in [-0.05, 0) is 29.8 Å². The Bertz CT molecular complexity index is 684. The van der Waals surface area contributed by atoms with Crippen LogP contribution in [-0.2, 0) is 6.42 Å². The van der Waals surface area contributed by atoms with E-state index in [1.807, 2.05) is 0 Å². The van der Waals surface area contributed by atoms with Gasteiger partial charge in [-0.2, -0.15) is 0 Å². The predicted molar refractivity (Wildman–Crippen MR) is 68.8 cm³/mol. The molecule has 3 rings (SSSR count). The van der Waals surface area contributed by atoms with Crippen LogP contribution in [0.3, 0.4) is 0 Å². The van der Waals surface area contributed by atoms with E-state index >= 15 is 0 Å².